The Morgan fingerprint density at radius 3 is 2.61 bits per heavy atom. The fourth-order valence-corrected chi connectivity index (χ4v) is 1.64. The molecular weight excluding hydrogens is 222 g/mol. The van der Waals surface area contributed by atoms with Crippen LogP contribution in [0.2, 0.25) is 0 Å². The first kappa shape index (κ1) is 14.2. The molecule has 0 unspecified atom stereocenters. The van der Waals surface area contributed by atoms with E-state index >= 15 is 0 Å². The van der Waals surface area contributed by atoms with E-state index in [4.69, 9.17) is 4.74 Å². The van der Waals surface area contributed by atoms with E-state index in [9.17, 15) is 0 Å². The van der Waals surface area contributed by atoms with Crippen LogP contribution in [0.1, 0.15) is 27.2 Å². The van der Waals surface area contributed by atoms with Crippen molar-refractivity contribution >= 4 is 5.71 Å². The molecular formula is C16H21NO. The number of allylic oxidation sites excluding steroid dienone is 8. The summed E-state index contributed by atoms with van der Waals surface area (Å²) >= 11 is 0. The summed E-state index contributed by atoms with van der Waals surface area (Å²) in [5.41, 5.74) is 3.35. The molecule has 2 nitrogen and oxygen atoms in total. The number of aliphatic imine (C=N–C) groups is 1. The van der Waals surface area contributed by atoms with Gasteiger partial charge in [-0.25, -0.2) is 0 Å². The Balaban J connectivity index is 2.76. The Morgan fingerprint density at radius 2 is 2.11 bits per heavy atom. The summed E-state index contributed by atoms with van der Waals surface area (Å²) in [6.45, 7) is 9.78. The van der Waals surface area contributed by atoms with Gasteiger partial charge in [-0.1, -0.05) is 24.8 Å². The molecule has 0 radical (unpaired) electrons. The molecule has 0 amide bonds. The second kappa shape index (κ2) is 6.80. The van der Waals surface area contributed by atoms with Gasteiger partial charge in [-0.15, -0.1) is 0 Å². The largest absolute Gasteiger partial charge is 0.466 e. The first-order chi connectivity index (χ1) is 8.58. The van der Waals surface area contributed by atoms with Gasteiger partial charge in [-0.2, -0.15) is 0 Å². The van der Waals surface area contributed by atoms with E-state index in [1.165, 1.54) is 5.57 Å². The van der Waals surface area contributed by atoms with E-state index in [-0.39, 0.29) is 0 Å². The summed E-state index contributed by atoms with van der Waals surface area (Å²) in [6, 6.07) is 0. The lowest BCUT2D eigenvalue weighted by molar-refractivity contribution is 0.325. The van der Waals surface area contributed by atoms with Crippen molar-refractivity contribution in [1.29, 1.82) is 0 Å². The summed E-state index contributed by atoms with van der Waals surface area (Å²) in [5, 5.41) is 0. The smallest absolute Gasteiger partial charge is 0.108 e. The van der Waals surface area contributed by atoms with Gasteiger partial charge >= 0.3 is 0 Å². The molecule has 96 valence electrons. The van der Waals surface area contributed by atoms with Gasteiger partial charge in [0.1, 0.15) is 5.76 Å². The molecule has 0 aromatic carbocycles. The number of rotatable bonds is 4. The van der Waals surface area contributed by atoms with Gasteiger partial charge in [0.15, 0.2) is 0 Å². The average molecular weight is 243 g/mol. The first-order valence-corrected chi connectivity index (χ1v) is 6.06. The number of hydrogen-bond donors (Lipinski definition) is 0. The Labute approximate surface area is 110 Å². The molecule has 1 heterocycles. The van der Waals surface area contributed by atoms with Gasteiger partial charge in [0.25, 0.3) is 0 Å². The third-order valence-electron chi connectivity index (χ3n) is 2.88. The molecule has 0 saturated carbocycles. The van der Waals surface area contributed by atoms with E-state index < -0.39 is 0 Å². The van der Waals surface area contributed by atoms with E-state index in [1.807, 2.05) is 38.2 Å². The van der Waals surface area contributed by atoms with Crippen LogP contribution in [0.3, 0.4) is 0 Å². The van der Waals surface area contributed by atoms with Gasteiger partial charge in [0.2, 0.25) is 0 Å². The number of hydrogen-bond acceptors (Lipinski definition) is 2. The highest BCUT2D eigenvalue weighted by Crippen LogP contribution is 2.26. The van der Waals surface area contributed by atoms with Crippen molar-refractivity contribution in [2.75, 3.05) is 7.05 Å². The summed E-state index contributed by atoms with van der Waals surface area (Å²) in [4.78, 5) is 4.23. The topological polar surface area (TPSA) is 21.6 Å². The predicted octanol–water partition coefficient (Wildman–Crippen LogP) is 4.34. The average Bonchev–Trinajstić information content (AvgIpc) is 2.67. The SMILES string of the molecule is C=C/C=C\C(=NC)/C(C)=C/C=C1\CC(C)=C(C)O1. The summed E-state index contributed by atoms with van der Waals surface area (Å²) in [5.74, 6) is 2.01. The Kier molecular flexibility index (Phi) is 5.37. The molecule has 0 bridgehead atoms. The molecule has 0 aromatic heterocycles. The third-order valence-corrected chi connectivity index (χ3v) is 2.88. The molecule has 2 heteroatoms. The second-order valence-corrected chi connectivity index (χ2v) is 4.30. The lowest BCUT2D eigenvalue weighted by atomic mass is 10.1. The first-order valence-electron chi connectivity index (χ1n) is 6.06. The predicted molar refractivity (Wildman–Crippen MR) is 78.6 cm³/mol. The van der Waals surface area contributed by atoms with E-state index in [1.54, 1.807) is 13.1 Å². The van der Waals surface area contributed by atoms with E-state index in [0.717, 1.165) is 29.2 Å². The Hall–Kier alpha value is -1.83. The van der Waals surface area contributed by atoms with Crippen molar-refractivity contribution in [2.45, 2.75) is 27.2 Å². The van der Waals surface area contributed by atoms with Crippen LogP contribution in [0, 0.1) is 0 Å². The molecule has 0 saturated heterocycles. The van der Waals surface area contributed by atoms with Crippen LogP contribution < -0.4 is 0 Å². The molecule has 1 rings (SSSR count). The molecule has 1 aliphatic heterocycles. The minimum Gasteiger partial charge on any atom is -0.466 e. The highest BCUT2D eigenvalue weighted by Gasteiger charge is 2.12. The fraction of sp³-hybridized carbons (Fsp3) is 0.312. The minimum atomic E-state index is 0.900. The van der Waals surface area contributed by atoms with Gasteiger partial charge in [0, 0.05) is 13.5 Å². The Bertz CT molecular complexity index is 457. The molecule has 18 heavy (non-hydrogen) atoms. The van der Waals surface area contributed by atoms with Gasteiger partial charge in [-0.05, 0) is 44.1 Å². The van der Waals surface area contributed by atoms with Gasteiger partial charge in [-0.3, -0.25) is 4.99 Å². The lowest BCUT2D eigenvalue weighted by Crippen LogP contribution is -1.95. The van der Waals surface area contributed by atoms with Gasteiger partial charge < -0.3 is 4.74 Å². The van der Waals surface area contributed by atoms with E-state index in [2.05, 4.69) is 18.5 Å². The zero-order valence-electron chi connectivity index (χ0n) is 11.7. The summed E-state index contributed by atoms with van der Waals surface area (Å²) < 4.78 is 5.64. The minimum absolute atomic E-state index is 0.900. The standard InChI is InChI=1S/C16H21NO/c1-6-7-8-16(17-5)12(2)9-10-15-11-13(3)14(4)18-15/h6-10H,1,11H2,2-5H3/b8-7-,12-9+,15-10+,17-16?. The van der Waals surface area contributed by atoms with Crippen LogP contribution in [0.25, 0.3) is 0 Å². The number of nitrogens with zero attached hydrogens (tertiary/aromatic N) is 1. The number of ether oxygens (including phenoxy) is 1. The summed E-state index contributed by atoms with van der Waals surface area (Å²) in [6.07, 6.45) is 10.5. The molecule has 0 aromatic rings. The van der Waals surface area contributed by atoms with Crippen molar-refractivity contribution in [3.8, 4) is 0 Å². The van der Waals surface area contributed by atoms with Crippen molar-refractivity contribution in [2.24, 2.45) is 4.99 Å². The highest BCUT2D eigenvalue weighted by molar-refractivity contribution is 6.08. The fourth-order valence-electron chi connectivity index (χ4n) is 1.64. The zero-order valence-corrected chi connectivity index (χ0v) is 11.7. The van der Waals surface area contributed by atoms with Crippen LogP contribution in [0.15, 0.2) is 64.6 Å². The van der Waals surface area contributed by atoms with Crippen LogP contribution in [-0.4, -0.2) is 12.8 Å². The van der Waals surface area contributed by atoms with Crippen LogP contribution in [0.4, 0.5) is 0 Å². The third kappa shape index (κ3) is 3.88. The molecule has 0 fully saturated rings. The molecule has 1 aliphatic rings. The van der Waals surface area contributed by atoms with Crippen LogP contribution >= 0.6 is 0 Å². The van der Waals surface area contributed by atoms with Crippen molar-refractivity contribution < 1.29 is 4.74 Å². The monoisotopic (exact) mass is 243 g/mol. The highest BCUT2D eigenvalue weighted by atomic mass is 16.5. The summed E-state index contributed by atoms with van der Waals surface area (Å²) in [7, 11) is 1.79. The lowest BCUT2D eigenvalue weighted by Gasteiger charge is -2.00. The Morgan fingerprint density at radius 1 is 1.39 bits per heavy atom. The second-order valence-electron chi connectivity index (χ2n) is 4.30. The normalized spacial score (nSPS) is 19.9. The molecule has 0 spiro atoms. The van der Waals surface area contributed by atoms with Crippen LogP contribution in [0.5, 0.6) is 0 Å². The van der Waals surface area contributed by atoms with E-state index in [0.29, 0.717) is 0 Å². The van der Waals surface area contributed by atoms with Crippen molar-refractivity contribution in [3.05, 3.63) is 59.6 Å². The van der Waals surface area contributed by atoms with Crippen LogP contribution in [-0.2, 0) is 4.74 Å². The zero-order chi connectivity index (χ0) is 13.5. The molecule has 0 aliphatic carbocycles. The quantitative estimate of drug-likeness (QED) is 0.531. The van der Waals surface area contributed by atoms with Crippen molar-refractivity contribution in [3.63, 3.8) is 0 Å². The maximum Gasteiger partial charge on any atom is 0.108 e. The molecule has 0 atom stereocenters. The molecule has 0 N–H and O–H groups in total. The van der Waals surface area contributed by atoms with Crippen molar-refractivity contribution in [1.82, 2.24) is 0 Å². The maximum atomic E-state index is 5.64. The maximum absolute atomic E-state index is 5.64. The van der Waals surface area contributed by atoms with Gasteiger partial charge in [0.05, 0.1) is 11.5 Å².